The topological polar surface area (TPSA) is 49.4 Å². The molecule has 0 aliphatic carbocycles. The van der Waals surface area contributed by atoms with Crippen LogP contribution >= 0.6 is 39.1 Å². The molecule has 4 nitrogen and oxygen atoms in total. The third-order valence-electron chi connectivity index (χ3n) is 4.58. The maximum atomic E-state index is 13.1. The second kappa shape index (κ2) is 11.6. The Morgan fingerprint density at radius 2 is 1.86 bits per heavy atom. The van der Waals surface area contributed by atoms with Crippen molar-refractivity contribution < 1.29 is 9.59 Å². The molecule has 2 amide bonds. The summed E-state index contributed by atoms with van der Waals surface area (Å²) in [6.07, 6.45) is 2.03. The average molecular weight is 500 g/mol. The first-order valence-corrected chi connectivity index (χ1v) is 11.1. The van der Waals surface area contributed by atoms with E-state index in [0.29, 0.717) is 23.1 Å². The molecule has 0 aromatic heterocycles. The first-order chi connectivity index (χ1) is 13.8. The van der Waals surface area contributed by atoms with Crippen LogP contribution in [0.2, 0.25) is 10.0 Å². The number of unbranched alkanes of at least 4 members (excludes halogenated alkanes) is 1. The predicted octanol–water partition coefficient (Wildman–Crippen LogP) is 5.63. The van der Waals surface area contributed by atoms with Crippen molar-refractivity contribution in [2.24, 2.45) is 0 Å². The number of benzene rings is 2. The summed E-state index contributed by atoms with van der Waals surface area (Å²) in [6, 6.07) is 12.2. The lowest BCUT2D eigenvalue weighted by atomic mass is 10.1. The standard InChI is InChI=1S/C22H25BrCl2N2O2/c1-3-4-10-26-22(29)15(2)27(14-17-6-5-7-18(23)11-17)21(28)13-16-8-9-19(24)20(25)12-16/h5-9,11-12,15H,3-4,10,13-14H2,1-2H3,(H,26,29)/t15-/m0/s1. The summed E-state index contributed by atoms with van der Waals surface area (Å²) in [5, 5.41) is 3.76. The molecule has 0 aliphatic rings. The van der Waals surface area contributed by atoms with Gasteiger partial charge in [0.15, 0.2) is 0 Å². The molecule has 156 valence electrons. The Morgan fingerprint density at radius 1 is 1.10 bits per heavy atom. The van der Waals surface area contributed by atoms with Crippen molar-refractivity contribution in [3.63, 3.8) is 0 Å². The highest BCUT2D eigenvalue weighted by atomic mass is 79.9. The van der Waals surface area contributed by atoms with Crippen molar-refractivity contribution in [2.45, 2.75) is 45.7 Å². The first-order valence-electron chi connectivity index (χ1n) is 9.57. The van der Waals surface area contributed by atoms with Gasteiger partial charge in [-0.25, -0.2) is 0 Å². The summed E-state index contributed by atoms with van der Waals surface area (Å²) in [4.78, 5) is 27.4. The van der Waals surface area contributed by atoms with Crippen molar-refractivity contribution in [3.05, 3.63) is 68.1 Å². The number of carbonyl (C=O) groups excluding carboxylic acids is 2. The minimum absolute atomic E-state index is 0.136. The van der Waals surface area contributed by atoms with Gasteiger partial charge in [0.25, 0.3) is 0 Å². The van der Waals surface area contributed by atoms with Gasteiger partial charge in [-0.15, -0.1) is 0 Å². The minimum atomic E-state index is -0.596. The van der Waals surface area contributed by atoms with Gasteiger partial charge in [0, 0.05) is 17.6 Å². The summed E-state index contributed by atoms with van der Waals surface area (Å²) in [6.45, 7) is 4.76. The van der Waals surface area contributed by atoms with Crippen LogP contribution in [0.25, 0.3) is 0 Å². The fraction of sp³-hybridized carbons (Fsp3) is 0.364. The van der Waals surface area contributed by atoms with E-state index in [1.807, 2.05) is 24.3 Å². The van der Waals surface area contributed by atoms with E-state index in [-0.39, 0.29) is 18.2 Å². The zero-order valence-electron chi connectivity index (χ0n) is 16.6. The number of halogens is 3. The number of amides is 2. The van der Waals surface area contributed by atoms with Crippen molar-refractivity contribution in [1.82, 2.24) is 10.2 Å². The average Bonchev–Trinajstić information content (AvgIpc) is 2.68. The predicted molar refractivity (Wildman–Crippen MR) is 122 cm³/mol. The van der Waals surface area contributed by atoms with Gasteiger partial charge in [-0.3, -0.25) is 9.59 Å². The van der Waals surface area contributed by atoms with Crippen LogP contribution in [0.5, 0.6) is 0 Å². The molecule has 2 aromatic rings. The first kappa shape index (κ1) is 23.7. The molecule has 0 aliphatic heterocycles. The maximum Gasteiger partial charge on any atom is 0.242 e. The zero-order valence-corrected chi connectivity index (χ0v) is 19.6. The lowest BCUT2D eigenvalue weighted by Gasteiger charge is -2.29. The van der Waals surface area contributed by atoms with Crippen molar-refractivity contribution in [1.29, 1.82) is 0 Å². The van der Waals surface area contributed by atoms with E-state index in [2.05, 4.69) is 28.2 Å². The van der Waals surface area contributed by atoms with E-state index >= 15 is 0 Å². The molecule has 0 radical (unpaired) electrons. The molecule has 0 fully saturated rings. The van der Waals surface area contributed by atoms with Gasteiger partial charge in [0.05, 0.1) is 16.5 Å². The van der Waals surface area contributed by atoms with Gasteiger partial charge in [0.1, 0.15) is 6.04 Å². The maximum absolute atomic E-state index is 13.1. The fourth-order valence-corrected chi connectivity index (χ4v) is 3.64. The third kappa shape index (κ3) is 7.32. The van der Waals surface area contributed by atoms with Crippen LogP contribution in [0, 0.1) is 0 Å². The van der Waals surface area contributed by atoms with Gasteiger partial charge in [-0.1, -0.05) is 70.7 Å². The molecule has 0 heterocycles. The molecule has 2 aromatic carbocycles. The fourth-order valence-electron chi connectivity index (χ4n) is 2.88. The van der Waals surface area contributed by atoms with E-state index < -0.39 is 6.04 Å². The third-order valence-corrected chi connectivity index (χ3v) is 5.81. The van der Waals surface area contributed by atoms with Crippen LogP contribution in [0.1, 0.15) is 37.8 Å². The molecule has 0 saturated carbocycles. The quantitative estimate of drug-likeness (QED) is 0.454. The Labute approximate surface area is 190 Å². The second-order valence-electron chi connectivity index (χ2n) is 6.90. The SMILES string of the molecule is CCCCNC(=O)[C@H](C)N(Cc1cccc(Br)c1)C(=O)Cc1ccc(Cl)c(Cl)c1. The number of nitrogens with one attached hydrogen (secondary N) is 1. The molecule has 7 heteroatoms. The van der Waals surface area contributed by atoms with E-state index in [0.717, 1.165) is 28.4 Å². The monoisotopic (exact) mass is 498 g/mol. The number of rotatable bonds is 9. The lowest BCUT2D eigenvalue weighted by molar-refractivity contribution is -0.140. The normalized spacial score (nSPS) is 11.8. The second-order valence-corrected chi connectivity index (χ2v) is 8.63. The van der Waals surface area contributed by atoms with Crippen LogP contribution < -0.4 is 5.32 Å². The molecule has 0 saturated heterocycles. The summed E-state index contributed by atoms with van der Waals surface area (Å²) < 4.78 is 0.923. The van der Waals surface area contributed by atoms with Gasteiger partial charge in [-0.05, 0) is 48.7 Å². The molecule has 1 atom stereocenters. The van der Waals surface area contributed by atoms with Crippen LogP contribution in [-0.2, 0) is 22.6 Å². The largest absolute Gasteiger partial charge is 0.354 e. The Morgan fingerprint density at radius 3 is 2.52 bits per heavy atom. The molecule has 2 rings (SSSR count). The Kier molecular flexibility index (Phi) is 9.47. The minimum Gasteiger partial charge on any atom is -0.354 e. The molecule has 0 spiro atoms. The number of hydrogen-bond donors (Lipinski definition) is 1. The van der Waals surface area contributed by atoms with Crippen LogP contribution in [0.4, 0.5) is 0 Å². The van der Waals surface area contributed by atoms with E-state index in [1.165, 1.54) is 0 Å². The van der Waals surface area contributed by atoms with Crippen molar-refractivity contribution in [3.8, 4) is 0 Å². The smallest absolute Gasteiger partial charge is 0.242 e. The summed E-state index contributed by atoms with van der Waals surface area (Å²) in [5.41, 5.74) is 1.69. The molecular formula is C22H25BrCl2N2O2. The molecule has 1 N–H and O–H groups in total. The highest BCUT2D eigenvalue weighted by Gasteiger charge is 2.26. The van der Waals surface area contributed by atoms with Crippen LogP contribution in [0.3, 0.4) is 0 Å². The molecule has 0 unspecified atom stereocenters. The van der Waals surface area contributed by atoms with Crippen molar-refractivity contribution >= 4 is 50.9 Å². The summed E-state index contributed by atoms with van der Waals surface area (Å²) in [7, 11) is 0. The van der Waals surface area contributed by atoms with Gasteiger partial charge in [-0.2, -0.15) is 0 Å². The molecule has 0 bridgehead atoms. The summed E-state index contributed by atoms with van der Waals surface area (Å²) in [5.74, 6) is -0.308. The van der Waals surface area contributed by atoms with Crippen molar-refractivity contribution in [2.75, 3.05) is 6.54 Å². The van der Waals surface area contributed by atoms with E-state index in [1.54, 1.807) is 30.0 Å². The summed E-state index contributed by atoms with van der Waals surface area (Å²) >= 11 is 15.5. The van der Waals surface area contributed by atoms with Crippen LogP contribution in [0.15, 0.2) is 46.9 Å². The van der Waals surface area contributed by atoms with Gasteiger partial charge >= 0.3 is 0 Å². The van der Waals surface area contributed by atoms with E-state index in [4.69, 9.17) is 23.2 Å². The Balaban J connectivity index is 2.20. The highest BCUT2D eigenvalue weighted by Crippen LogP contribution is 2.23. The highest BCUT2D eigenvalue weighted by molar-refractivity contribution is 9.10. The Bertz CT molecular complexity index is 860. The number of carbonyl (C=O) groups is 2. The molecule has 29 heavy (non-hydrogen) atoms. The van der Waals surface area contributed by atoms with Crippen LogP contribution in [-0.4, -0.2) is 29.3 Å². The zero-order chi connectivity index (χ0) is 21.4. The molecular weight excluding hydrogens is 475 g/mol. The number of nitrogens with zero attached hydrogens (tertiary/aromatic N) is 1. The number of hydrogen-bond acceptors (Lipinski definition) is 2. The van der Waals surface area contributed by atoms with Gasteiger partial charge < -0.3 is 10.2 Å². The Hall–Kier alpha value is -1.56. The van der Waals surface area contributed by atoms with E-state index in [9.17, 15) is 9.59 Å². The van der Waals surface area contributed by atoms with Gasteiger partial charge in [0.2, 0.25) is 11.8 Å². The lowest BCUT2D eigenvalue weighted by Crippen LogP contribution is -2.48.